The van der Waals surface area contributed by atoms with Crippen LogP contribution in [0.25, 0.3) is 11.6 Å². The lowest BCUT2D eigenvalue weighted by Gasteiger charge is -2.30. The molecule has 0 saturated carbocycles. The van der Waals surface area contributed by atoms with Crippen LogP contribution in [0, 0.1) is 12.7 Å². The SMILES string of the molecule is CCN(CC)CCN1CCc2c(c(C)c(C=C3C(=O)Nc4ccc(F)cc43)n2OC(=O)C(C)O)C1=O. The number of hydrogen-bond acceptors (Lipinski definition) is 6. The molecule has 1 aromatic heterocycles. The van der Waals surface area contributed by atoms with Gasteiger partial charge in [-0.05, 0) is 56.8 Å². The van der Waals surface area contributed by atoms with E-state index in [-0.39, 0.29) is 11.5 Å². The van der Waals surface area contributed by atoms with Crippen molar-refractivity contribution in [3.8, 4) is 0 Å². The molecule has 2 amide bonds. The number of amides is 2. The Morgan fingerprint density at radius 3 is 2.69 bits per heavy atom. The van der Waals surface area contributed by atoms with E-state index < -0.39 is 23.8 Å². The Bertz CT molecular complexity index is 1250. The van der Waals surface area contributed by atoms with E-state index in [1.165, 1.54) is 35.9 Å². The first-order chi connectivity index (χ1) is 17.2. The van der Waals surface area contributed by atoms with Gasteiger partial charge in [-0.25, -0.2) is 9.18 Å². The maximum absolute atomic E-state index is 14.0. The number of fused-ring (bicyclic) bond motifs is 2. The topological polar surface area (TPSA) is 104 Å². The fraction of sp³-hybridized carbons (Fsp3) is 0.423. The fourth-order valence-corrected chi connectivity index (χ4v) is 4.65. The molecule has 0 spiro atoms. The number of aliphatic hydroxyl groups is 1. The lowest BCUT2D eigenvalue weighted by Crippen LogP contribution is -2.43. The van der Waals surface area contributed by atoms with Crippen LogP contribution in [0.2, 0.25) is 0 Å². The standard InChI is InChI=1S/C26H31FN4O5/c1-5-29(6-2)11-12-30-10-9-21-23(25(30)34)15(3)22(31(21)36-26(35)16(4)32)14-19-18-13-17(27)7-8-20(18)28-24(19)33/h7-8,13-14,16,32H,5-6,9-12H2,1-4H3,(H,28,33). The number of nitrogens with one attached hydrogen (secondary N) is 1. The minimum absolute atomic E-state index is 0.183. The zero-order chi connectivity index (χ0) is 26.1. The zero-order valence-corrected chi connectivity index (χ0v) is 20.9. The molecule has 0 saturated heterocycles. The van der Waals surface area contributed by atoms with Crippen LogP contribution in [-0.2, 0) is 16.0 Å². The van der Waals surface area contributed by atoms with E-state index in [2.05, 4.69) is 24.1 Å². The van der Waals surface area contributed by atoms with Crippen molar-refractivity contribution in [2.24, 2.45) is 0 Å². The Morgan fingerprint density at radius 2 is 2.03 bits per heavy atom. The van der Waals surface area contributed by atoms with E-state index in [0.29, 0.717) is 53.3 Å². The lowest BCUT2D eigenvalue weighted by atomic mass is 10.0. The van der Waals surface area contributed by atoms with Crippen LogP contribution in [0.4, 0.5) is 10.1 Å². The van der Waals surface area contributed by atoms with Crippen molar-refractivity contribution < 1.29 is 28.7 Å². The van der Waals surface area contributed by atoms with Crippen LogP contribution in [-0.4, -0.2) is 76.2 Å². The number of rotatable bonds is 8. The van der Waals surface area contributed by atoms with Crippen LogP contribution >= 0.6 is 0 Å². The van der Waals surface area contributed by atoms with Crippen molar-refractivity contribution in [2.75, 3.05) is 38.0 Å². The third-order valence-corrected chi connectivity index (χ3v) is 6.78. The van der Waals surface area contributed by atoms with E-state index in [1.54, 1.807) is 11.8 Å². The van der Waals surface area contributed by atoms with Gasteiger partial charge in [0, 0.05) is 37.3 Å². The highest BCUT2D eigenvalue weighted by molar-refractivity contribution is 6.35. The van der Waals surface area contributed by atoms with Crippen molar-refractivity contribution in [2.45, 2.75) is 40.2 Å². The second kappa shape index (κ2) is 10.2. The summed E-state index contributed by atoms with van der Waals surface area (Å²) >= 11 is 0. The summed E-state index contributed by atoms with van der Waals surface area (Å²) in [5, 5.41) is 12.4. The summed E-state index contributed by atoms with van der Waals surface area (Å²) in [7, 11) is 0. The summed E-state index contributed by atoms with van der Waals surface area (Å²) in [5.41, 5.74) is 2.77. The van der Waals surface area contributed by atoms with Gasteiger partial charge in [-0.3, -0.25) is 9.59 Å². The van der Waals surface area contributed by atoms with Gasteiger partial charge >= 0.3 is 5.97 Å². The number of benzene rings is 1. The first kappa shape index (κ1) is 25.6. The van der Waals surface area contributed by atoms with Crippen LogP contribution in [0.3, 0.4) is 0 Å². The highest BCUT2D eigenvalue weighted by Gasteiger charge is 2.35. The number of halogens is 1. The maximum Gasteiger partial charge on any atom is 0.360 e. The molecule has 10 heteroatoms. The number of hydrogen-bond donors (Lipinski definition) is 2. The average Bonchev–Trinajstić information content (AvgIpc) is 3.29. The summed E-state index contributed by atoms with van der Waals surface area (Å²) < 4.78 is 15.2. The zero-order valence-electron chi connectivity index (χ0n) is 20.9. The van der Waals surface area contributed by atoms with Gasteiger partial charge < -0.3 is 25.1 Å². The number of nitrogens with zero attached hydrogens (tertiary/aromatic N) is 3. The number of aromatic nitrogens is 1. The fourth-order valence-electron chi connectivity index (χ4n) is 4.65. The van der Waals surface area contributed by atoms with Gasteiger partial charge in [0.05, 0.1) is 22.5 Å². The Hall–Kier alpha value is -3.50. The molecule has 3 heterocycles. The van der Waals surface area contributed by atoms with E-state index in [0.717, 1.165) is 19.6 Å². The number of carbonyl (C=O) groups is 3. The van der Waals surface area contributed by atoms with Gasteiger partial charge in [0.25, 0.3) is 11.8 Å². The van der Waals surface area contributed by atoms with Crippen molar-refractivity contribution in [3.63, 3.8) is 0 Å². The monoisotopic (exact) mass is 498 g/mol. The summed E-state index contributed by atoms with van der Waals surface area (Å²) in [6.07, 6.45) is 0.531. The molecule has 1 unspecified atom stereocenters. The summed E-state index contributed by atoms with van der Waals surface area (Å²) in [5.74, 6) is -2.02. The van der Waals surface area contributed by atoms with Gasteiger partial charge in [-0.15, -0.1) is 0 Å². The molecule has 192 valence electrons. The molecule has 1 aromatic carbocycles. The molecule has 0 aliphatic carbocycles. The molecule has 2 aromatic rings. The quantitative estimate of drug-likeness (QED) is 0.541. The molecule has 2 aliphatic rings. The summed E-state index contributed by atoms with van der Waals surface area (Å²) in [6.45, 7) is 10.7. The first-order valence-electron chi connectivity index (χ1n) is 12.1. The Kier molecular flexibility index (Phi) is 7.28. The number of carbonyl (C=O) groups excluding carboxylic acids is 3. The molecule has 0 bridgehead atoms. The lowest BCUT2D eigenvalue weighted by molar-refractivity contribution is -0.153. The third-order valence-electron chi connectivity index (χ3n) is 6.78. The van der Waals surface area contributed by atoms with Crippen molar-refractivity contribution in [1.82, 2.24) is 14.5 Å². The van der Waals surface area contributed by atoms with Gasteiger partial charge in [0.2, 0.25) is 0 Å². The van der Waals surface area contributed by atoms with Crippen LogP contribution < -0.4 is 10.2 Å². The van der Waals surface area contributed by atoms with Crippen LogP contribution in [0.1, 0.15) is 53.6 Å². The van der Waals surface area contributed by atoms with Gasteiger partial charge in [-0.1, -0.05) is 13.8 Å². The van der Waals surface area contributed by atoms with Gasteiger partial charge in [0.1, 0.15) is 5.82 Å². The van der Waals surface area contributed by atoms with Crippen molar-refractivity contribution >= 4 is 35.1 Å². The van der Waals surface area contributed by atoms with E-state index >= 15 is 0 Å². The first-order valence-corrected chi connectivity index (χ1v) is 12.1. The molecular formula is C26H31FN4O5. The third kappa shape index (κ3) is 4.66. The van der Waals surface area contributed by atoms with E-state index in [9.17, 15) is 23.9 Å². The number of anilines is 1. The van der Waals surface area contributed by atoms with Crippen molar-refractivity contribution in [3.05, 3.63) is 52.1 Å². The molecule has 36 heavy (non-hydrogen) atoms. The second-order valence-corrected chi connectivity index (χ2v) is 8.98. The Labute approximate surface area is 209 Å². The van der Waals surface area contributed by atoms with Gasteiger partial charge in [-0.2, -0.15) is 4.73 Å². The van der Waals surface area contributed by atoms with Gasteiger partial charge in [0.15, 0.2) is 6.10 Å². The minimum Gasteiger partial charge on any atom is -0.382 e. The van der Waals surface area contributed by atoms with E-state index in [1.807, 2.05) is 0 Å². The highest BCUT2D eigenvalue weighted by Crippen LogP contribution is 2.36. The summed E-state index contributed by atoms with van der Waals surface area (Å²) in [4.78, 5) is 48.1. The predicted molar refractivity (Wildman–Crippen MR) is 133 cm³/mol. The maximum atomic E-state index is 14.0. The number of likely N-dealkylation sites (N-methyl/N-ethyl adjacent to an activating group) is 1. The molecule has 1 atom stereocenters. The molecule has 2 aliphatic heterocycles. The molecule has 0 radical (unpaired) electrons. The predicted octanol–water partition coefficient (Wildman–Crippen LogP) is 2.10. The summed E-state index contributed by atoms with van der Waals surface area (Å²) in [6, 6.07) is 3.99. The second-order valence-electron chi connectivity index (χ2n) is 8.98. The Morgan fingerprint density at radius 1 is 1.31 bits per heavy atom. The molecule has 0 fully saturated rings. The number of aliphatic hydroxyl groups excluding tert-OH is 1. The van der Waals surface area contributed by atoms with Crippen molar-refractivity contribution in [1.29, 1.82) is 0 Å². The average molecular weight is 499 g/mol. The van der Waals surface area contributed by atoms with E-state index in [4.69, 9.17) is 4.84 Å². The molecular weight excluding hydrogens is 467 g/mol. The normalized spacial score (nSPS) is 16.9. The minimum atomic E-state index is -1.39. The smallest absolute Gasteiger partial charge is 0.360 e. The van der Waals surface area contributed by atoms with Crippen LogP contribution in [0.15, 0.2) is 18.2 Å². The molecule has 2 N–H and O–H groups in total. The molecule has 9 nitrogen and oxygen atoms in total. The Balaban J connectivity index is 1.78. The highest BCUT2D eigenvalue weighted by atomic mass is 19.1. The molecule has 4 rings (SSSR count). The van der Waals surface area contributed by atoms with Crippen LogP contribution in [0.5, 0.6) is 0 Å². The largest absolute Gasteiger partial charge is 0.382 e.